The summed E-state index contributed by atoms with van der Waals surface area (Å²) in [6.07, 6.45) is 0. The molecule has 0 saturated carbocycles. The second-order valence-electron chi connectivity index (χ2n) is 3.51. The van der Waals surface area contributed by atoms with Crippen LogP contribution < -0.4 is 10.5 Å². The van der Waals surface area contributed by atoms with Crippen LogP contribution in [0.2, 0.25) is 0 Å². The van der Waals surface area contributed by atoms with Gasteiger partial charge in [0.05, 0.1) is 11.4 Å². The molecule has 0 aliphatic rings. The highest BCUT2D eigenvalue weighted by molar-refractivity contribution is 5.92. The maximum atomic E-state index is 5.87. The molecule has 0 radical (unpaired) electrons. The van der Waals surface area contributed by atoms with Crippen LogP contribution in [0.25, 0.3) is 10.8 Å². The van der Waals surface area contributed by atoms with E-state index in [1.807, 2.05) is 36.4 Å². The van der Waals surface area contributed by atoms with Crippen molar-refractivity contribution >= 4 is 16.5 Å². The summed E-state index contributed by atoms with van der Waals surface area (Å²) in [5.74, 6) is 1.33. The third-order valence-corrected chi connectivity index (χ3v) is 2.19. The number of allylic oxidation sites excluding steroid dienone is 1. The molecule has 2 heteroatoms. The Morgan fingerprint density at radius 3 is 2.67 bits per heavy atom. The van der Waals surface area contributed by atoms with Gasteiger partial charge in [-0.3, -0.25) is 0 Å². The number of hydrogen-bond donors (Lipinski definition) is 1. The third-order valence-electron chi connectivity index (χ3n) is 2.19. The van der Waals surface area contributed by atoms with Crippen molar-refractivity contribution in [1.82, 2.24) is 0 Å². The molecular weight excluding hydrogens is 186 g/mol. The summed E-state index contributed by atoms with van der Waals surface area (Å²) in [7, 11) is 0. The van der Waals surface area contributed by atoms with E-state index in [2.05, 4.69) is 6.58 Å². The first-order valence-corrected chi connectivity index (χ1v) is 4.79. The molecule has 2 aromatic rings. The van der Waals surface area contributed by atoms with Crippen LogP contribution in [0.1, 0.15) is 6.92 Å². The number of nitrogen functional groups attached to an aromatic ring is 1. The summed E-state index contributed by atoms with van der Waals surface area (Å²) < 4.78 is 5.54. The lowest BCUT2D eigenvalue weighted by atomic mass is 10.1. The maximum absolute atomic E-state index is 5.87. The fraction of sp³-hybridized carbons (Fsp3) is 0.0769. The van der Waals surface area contributed by atoms with Crippen molar-refractivity contribution < 1.29 is 4.74 Å². The lowest BCUT2D eigenvalue weighted by Crippen LogP contribution is -1.95. The van der Waals surface area contributed by atoms with Gasteiger partial charge < -0.3 is 10.5 Å². The first-order chi connectivity index (χ1) is 7.18. The Morgan fingerprint density at radius 1 is 1.20 bits per heavy atom. The first kappa shape index (κ1) is 9.59. The average molecular weight is 199 g/mol. The monoisotopic (exact) mass is 199 g/mol. The van der Waals surface area contributed by atoms with Gasteiger partial charge in [-0.05, 0) is 18.4 Å². The van der Waals surface area contributed by atoms with Crippen LogP contribution in [-0.2, 0) is 0 Å². The summed E-state index contributed by atoms with van der Waals surface area (Å²) in [4.78, 5) is 0. The van der Waals surface area contributed by atoms with Crippen molar-refractivity contribution in [3.8, 4) is 5.75 Å². The molecular formula is C13H13NO. The van der Waals surface area contributed by atoms with E-state index in [0.717, 1.165) is 10.8 Å². The second-order valence-corrected chi connectivity index (χ2v) is 3.51. The Hall–Kier alpha value is -1.96. The van der Waals surface area contributed by atoms with Crippen LogP contribution in [0.15, 0.2) is 48.7 Å². The van der Waals surface area contributed by atoms with E-state index in [1.165, 1.54) is 0 Å². The number of rotatable bonds is 2. The minimum absolute atomic E-state index is 0.636. The number of fused-ring (bicyclic) bond motifs is 1. The summed E-state index contributed by atoms with van der Waals surface area (Å²) in [6.45, 7) is 5.53. The first-order valence-electron chi connectivity index (χ1n) is 4.79. The molecule has 0 bridgehead atoms. The number of hydrogen-bond acceptors (Lipinski definition) is 2. The molecule has 15 heavy (non-hydrogen) atoms. The van der Waals surface area contributed by atoms with Crippen molar-refractivity contribution in [2.75, 3.05) is 5.73 Å². The van der Waals surface area contributed by atoms with Crippen molar-refractivity contribution in [3.05, 3.63) is 48.7 Å². The maximum Gasteiger partial charge on any atom is 0.157 e. The van der Waals surface area contributed by atoms with Crippen molar-refractivity contribution in [2.24, 2.45) is 0 Å². The molecule has 0 aliphatic carbocycles. The highest BCUT2D eigenvalue weighted by Gasteiger charge is 2.06. The molecule has 0 aromatic heterocycles. The Kier molecular flexibility index (Phi) is 2.34. The zero-order valence-corrected chi connectivity index (χ0v) is 8.66. The predicted molar refractivity (Wildman–Crippen MR) is 63.8 cm³/mol. The summed E-state index contributed by atoms with van der Waals surface area (Å²) in [5, 5.41) is 2.13. The molecule has 2 N–H and O–H groups in total. The van der Waals surface area contributed by atoms with Gasteiger partial charge in [0.2, 0.25) is 0 Å². The second kappa shape index (κ2) is 3.65. The normalized spacial score (nSPS) is 10.2. The fourth-order valence-electron chi connectivity index (χ4n) is 1.55. The van der Waals surface area contributed by atoms with E-state index in [0.29, 0.717) is 17.2 Å². The van der Waals surface area contributed by atoms with E-state index < -0.39 is 0 Å². The van der Waals surface area contributed by atoms with Crippen LogP contribution in [0.5, 0.6) is 5.75 Å². The molecule has 0 unspecified atom stereocenters. The minimum Gasteiger partial charge on any atom is -0.460 e. The van der Waals surface area contributed by atoms with Crippen LogP contribution in [-0.4, -0.2) is 0 Å². The zero-order chi connectivity index (χ0) is 10.8. The topological polar surface area (TPSA) is 35.2 Å². The van der Waals surface area contributed by atoms with Crippen molar-refractivity contribution in [3.63, 3.8) is 0 Å². The number of nitrogens with two attached hydrogens (primary N) is 1. The Balaban J connectivity index is 2.68. The minimum atomic E-state index is 0.636. The zero-order valence-electron chi connectivity index (χ0n) is 8.66. The smallest absolute Gasteiger partial charge is 0.157 e. The lowest BCUT2D eigenvalue weighted by molar-refractivity contribution is 0.437. The summed E-state index contributed by atoms with van der Waals surface area (Å²) in [6, 6.07) is 11.8. The molecule has 0 heterocycles. The average Bonchev–Trinajstić information content (AvgIpc) is 2.22. The van der Waals surface area contributed by atoms with E-state index in [4.69, 9.17) is 10.5 Å². The molecule has 2 nitrogen and oxygen atoms in total. The van der Waals surface area contributed by atoms with Crippen LogP contribution in [0, 0.1) is 0 Å². The Bertz CT molecular complexity index is 517. The number of anilines is 1. The van der Waals surface area contributed by atoms with Crippen molar-refractivity contribution in [2.45, 2.75) is 6.92 Å². The van der Waals surface area contributed by atoms with Gasteiger partial charge in [0.15, 0.2) is 5.75 Å². The van der Waals surface area contributed by atoms with E-state index in [-0.39, 0.29) is 0 Å². The molecule has 0 atom stereocenters. The summed E-state index contributed by atoms with van der Waals surface area (Å²) in [5.41, 5.74) is 6.50. The van der Waals surface area contributed by atoms with Crippen LogP contribution >= 0.6 is 0 Å². The standard InChI is InChI=1S/C13H13NO/c1-9(2)15-13-11-6-4-3-5-10(11)7-8-12(13)14/h3-8H,1,14H2,2H3. The SMILES string of the molecule is C=C(C)Oc1c(N)ccc2ccccc12. The van der Waals surface area contributed by atoms with Gasteiger partial charge >= 0.3 is 0 Å². The molecule has 0 aliphatic heterocycles. The third kappa shape index (κ3) is 1.79. The van der Waals surface area contributed by atoms with E-state index in [1.54, 1.807) is 6.92 Å². The van der Waals surface area contributed by atoms with Crippen LogP contribution in [0.3, 0.4) is 0 Å². The van der Waals surface area contributed by atoms with Gasteiger partial charge in [-0.15, -0.1) is 0 Å². The molecule has 0 fully saturated rings. The lowest BCUT2D eigenvalue weighted by Gasteiger charge is -2.10. The predicted octanol–water partition coefficient (Wildman–Crippen LogP) is 3.33. The summed E-state index contributed by atoms with van der Waals surface area (Å²) >= 11 is 0. The highest BCUT2D eigenvalue weighted by atomic mass is 16.5. The molecule has 0 amide bonds. The van der Waals surface area contributed by atoms with Crippen molar-refractivity contribution in [1.29, 1.82) is 0 Å². The molecule has 0 spiro atoms. The quantitative estimate of drug-likeness (QED) is 0.594. The van der Waals surface area contributed by atoms with Gasteiger partial charge in [-0.25, -0.2) is 0 Å². The molecule has 76 valence electrons. The van der Waals surface area contributed by atoms with Gasteiger partial charge in [0.25, 0.3) is 0 Å². The van der Waals surface area contributed by atoms with Gasteiger partial charge in [-0.2, -0.15) is 0 Å². The highest BCUT2D eigenvalue weighted by Crippen LogP contribution is 2.32. The van der Waals surface area contributed by atoms with Gasteiger partial charge in [0.1, 0.15) is 0 Å². The Morgan fingerprint density at radius 2 is 1.93 bits per heavy atom. The number of ether oxygens (including phenoxy) is 1. The van der Waals surface area contributed by atoms with Crippen LogP contribution in [0.4, 0.5) is 5.69 Å². The molecule has 2 aromatic carbocycles. The Labute approximate surface area is 89.0 Å². The van der Waals surface area contributed by atoms with E-state index >= 15 is 0 Å². The molecule has 0 saturated heterocycles. The fourth-order valence-corrected chi connectivity index (χ4v) is 1.55. The van der Waals surface area contributed by atoms with Gasteiger partial charge in [0, 0.05) is 5.39 Å². The molecule has 2 rings (SSSR count). The van der Waals surface area contributed by atoms with Gasteiger partial charge in [-0.1, -0.05) is 36.9 Å². The largest absolute Gasteiger partial charge is 0.460 e. The van der Waals surface area contributed by atoms with E-state index in [9.17, 15) is 0 Å². The number of benzene rings is 2.